The molecule has 1 heterocycles. The molecule has 0 bridgehead atoms. The number of carbonyl (C=O) groups excluding carboxylic acids is 1. The van der Waals surface area contributed by atoms with E-state index < -0.39 is 0 Å². The molecule has 23 heavy (non-hydrogen) atoms. The molecule has 2 unspecified atom stereocenters. The summed E-state index contributed by atoms with van der Waals surface area (Å²) in [5.74, 6) is 0.876. The lowest BCUT2D eigenvalue weighted by Gasteiger charge is -2.36. The van der Waals surface area contributed by atoms with E-state index in [1.165, 1.54) is 0 Å². The van der Waals surface area contributed by atoms with Crippen LogP contribution in [-0.4, -0.2) is 61.1 Å². The van der Waals surface area contributed by atoms with Gasteiger partial charge in [0.25, 0.3) is 0 Å². The summed E-state index contributed by atoms with van der Waals surface area (Å²) < 4.78 is 5.71. The van der Waals surface area contributed by atoms with Gasteiger partial charge in [-0.15, -0.1) is 0 Å². The second-order valence-electron chi connectivity index (χ2n) is 6.12. The average Bonchev–Trinajstić information content (AvgIpc) is 2.56. The fourth-order valence-corrected chi connectivity index (χ4v) is 2.65. The first-order chi connectivity index (χ1) is 11.0. The summed E-state index contributed by atoms with van der Waals surface area (Å²) >= 11 is 5.84. The van der Waals surface area contributed by atoms with Crippen molar-refractivity contribution in [2.45, 2.75) is 19.9 Å². The van der Waals surface area contributed by atoms with Gasteiger partial charge < -0.3 is 15.4 Å². The number of hydrogen-bond acceptors (Lipinski definition) is 4. The normalized spacial score (nSPS) is 18.5. The lowest BCUT2D eigenvalue weighted by Crippen LogP contribution is -2.52. The first kappa shape index (κ1) is 18.0. The predicted molar refractivity (Wildman–Crippen MR) is 92.8 cm³/mol. The van der Waals surface area contributed by atoms with Crippen LogP contribution < -0.4 is 10.5 Å². The highest BCUT2D eigenvalue weighted by molar-refractivity contribution is 6.30. The van der Waals surface area contributed by atoms with E-state index in [2.05, 4.69) is 4.90 Å². The molecule has 1 aliphatic rings. The first-order valence-corrected chi connectivity index (χ1v) is 8.50. The largest absolute Gasteiger partial charge is 0.492 e. The van der Waals surface area contributed by atoms with Gasteiger partial charge in [0.05, 0.1) is 5.92 Å². The Morgan fingerprint density at radius 3 is 2.39 bits per heavy atom. The highest BCUT2D eigenvalue weighted by atomic mass is 35.5. The minimum absolute atomic E-state index is 0.103. The Hall–Kier alpha value is -1.30. The van der Waals surface area contributed by atoms with Gasteiger partial charge in [0.1, 0.15) is 12.4 Å². The van der Waals surface area contributed by atoms with Crippen molar-refractivity contribution in [2.75, 3.05) is 39.3 Å². The lowest BCUT2D eigenvalue weighted by molar-refractivity contribution is -0.137. The van der Waals surface area contributed by atoms with Crippen LogP contribution in [0.5, 0.6) is 5.75 Å². The van der Waals surface area contributed by atoms with Gasteiger partial charge in [0.2, 0.25) is 5.91 Å². The van der Waals surface area contributed by atoms with Crippen molar-refractivity contribution < 1.29 is 9.53 Å². The molecule has 1 saturated heterocycles. The molecule has 1 fully saturated rings. The monoisotopic (exact) mass is 339 g/mol. The molecule has 1 amide bonds. The van der Waals surface area contributed by atoms with E-state index in [1.807, 2.05) is 43.0 Å². The Labute approximate surface area is 143 Å². The highest BCUT2D eigenvalue weighted by Gasteiger charge is 2.26. The Bertz CT molecular complexity index is 499. The number of rotatable bonds is 6. The first-order valence-electron chi connectivity index (χ1n) is 8.12. The minimum Gasteiger partial charge on any atom is -0.492 e. The lowest BCUT2D eigenvalue weighted by atomic mass is 10.0. The van der Waals surface area contributed by atoms with Crippen molar-refractivity contribution in [3.63, 3.8) is 0 Å². The molecule has 2 atom stereocenters. The molecule has 0 aromatic heterocycles. The number of carbonyl (C=O) groups is 1. The molecular formula is C17H26ClN3O2. The molecule has 1 aromatic rings. The predicted octanol–water partition coefficient (Wildman–Crippen LogP) is 1.85. The van der Waals surface area contributed by atoms with E-state index >= 15 is 0 Å². The highest BCUT2D eigenvalue weighted by Crippen LogP contribution is 2.15. The Morgan fingerprint density at radius 1 is 1.22 bits per heavy atom. The molecule has 5 nitrogen and oxygen atoms in total. The third-order valence-corrected chi connectivity index (χ3v) is 4.60. The Morgan fingerprint density at radius 2 is 1.83 bits per heavy atom. The fourth-order valence-electron chi connectivity index (χ4n) is 2.53. The topological polar surface area (TPSA) is 58.8 Å². The number of nitrogens with zero attached hydrogens (tertiary/aromatic N) is 2. The molecular weight excluding hydrogens is 314 g/mol. The van der Waals surface area contributed by atoms with Crippen molar-refractivity contribution >= 4 is 17.5 Å². The van der Waals surface area contributed by atoms with Crippen LogP contribution in [-0.2, 0) is 4.79 Å². The van der Waals surface area contributed by atoms with Crippen LogP contribution in [0.1, 0.15) is 13.8 Å². The van der Waals surface area contributed by atoms with Gasteiger partial charge in [-0.1, -0.05) is 18.5 Å². The zero-order chi connectivity index (χ0) is 16.8. The van der Waals surface area contributed by atoms with Gasteiger partial charge in [-0.05, 0) is 31.2 Å². The third-order valence-electron chi connectivity index (χ3n) is 4.35. The molecule has 1 aliphatic heterocycles. The maximum atomic E-state index is 12.3. The summed E-state index contributed by atoms with van der Waals surface area (Å²) in [7, 11) is 0. The summed E-state index contributed by atoms with van der Waals surface area (Å²) in [6, 6.07) is 7.28. The average molecular weight is 340 g/mol. The zero-order valence-electron chi connectivity index (χ0n) is 13.9. The Kier molecular flexibility index (Phi) is 6.69. The second kappa shape index (κ2) is 8.52. The maximum Gasteiger partial charge on any atom is 0.227 e. The second-order valence-corrected chi connectivity index (χ2v) is 6.55. The third kappa shape index (κ3) is 5.37. The van der Waals surface area contributed by atoms with Crippen LogP contribution in [0.4, 0.5) is 0 Å². The van der Waals surface area contributed by atoms with Crippen LogP contribution in [0.3, 0.4) is 0 Å². The van der Waals surface area contributed by atoms with Crippen molar-refractivity contribution in [1.29, 1.82) is 0 Å². The molecule has 0 saturated carbocycles. The van der Waals surface area contributed by atoms with E-state index in [0.29, 0.717) is 11.6 Å². The van der Waals surface area contributed by atoms with Crippen molar-refractivity contribution in [2.24, 2.45) is 11.7 Å². The number of benzene rings is 1. The molecule has 1 aromatic carbocycles. The minimum atomic E-state index is -0.116. The van der Waals surface area contributed by atoms with E-state index in [9.17, 15) is 4.79 Å². The molecule has 0 aliphatic carbocycles. The SMILES string of the molecule is CC(N)C(C)C(=O)N1CCN(CCOc2ccc(Cl)cc2)CC1. The number of hydrogen-bond donors (Lipinski definition) is 1. The number of nitrogens with two attached hydrogens (primary N) is 1. The van der Waals surface area contributed by atoms with Crippen molar-refractivity contribution in [3.8, 4) is 5.75 Å². The molecule has 0 radical (unpaired) electrons. The number of halogens is 1. The zero-order valence-corrected chi connectivity index (χ0v) is 14.6. The molecule has 6 heteroatoms. The van der Waals surface area contributed by atoms with Crippen LogP contribution in [0, 0.1) is 5.92 Å². The molecule has 0 spiro atoms. The van der Waals surface area contributed by atoms with Crippen LogP contribution >= 0.6 is 11.6 Å². The van der Waals surface area contributed by atoms with Crippen LogP contribution in [0.2, 0.25) is 5.02 Å². The van der Waals surface area contributed by atoms with E-state index in [-0.39, 0.29) is 17.9 Å². The van der Waals surface area contributed by atoms with Gasteiger partial charge in [-0.3, -0.25) is 9.69 Å². The standard InChI is InChI=1S/C17H26ClN3O2/c1-13(14(2)19)17(22)21-9-7-20(8-10-21)11-12-23-16-5-3-15(18)4-6-16/h3-6,13-14H,7-12,19H2,1-2H3. The van der Waals surface area contributed by atoms with Gasteiger partial charge >= 0.3 is 0 Å². The number of ether oxygens (including phenoxy) is 1. The molecule has 2 N–H and O–H groups in total. The number of piperazine rings is 1. The number of amides is 1. The van der Waals surface area contributed by atoms with Gasteiger partial charge in [0, 0.05) is 43.8 Å². The van der Waals surface area contributed by atoms with Crippen LogP contribution in [0.15, 0.2) is 24.3 Å². The van der Waals surface area contributed by atoms with Gasteiger partial charge in [0.15, 0.2) is 0 Å². The Balaban J connectivity index is 1.68. The maximum absolute atomic E-state index is 12.3. The summed E-state index contributed by atoms with van der Waals surface area (Å²) in [5, 5.41) is 0.708. The fraction of sp³-hybridized carbons (Fsp3) is 0.588. The van der Waals surface area contributed by atoms with Crippen molar-refractivity contribution in [3.05, 3.63) is 29.3 Å². The van der Waals surface area contributed by atoms with E-state index in [1.54, 1.807) is 0 Å². The van der Waals surface area contributed by atoms with E-state index in [4.69, 9.17) is 22.1 Å². The van der Waals surface area contributed by atoms with Crippen molar-refractivity contribution in [1.82, 2.24) is 9.80 Å². The van der Waals surface area contributed by atoms with E-state index in [0.717, 1.165) is 38.5 Å². The quantitative estimate of drug-likeness (QED) is 0.859. The summed E-state index contributed by atoms with van der Waals surface area (Å²) in [6.45, 7) is 8.54. The summed E-state index contributed by atoms with van der Waals surface area (Å²) in [5.41, 5.74) is 5.82. The molecule has 128 valence electrons. The van der Waals surface area contributed by atoms with Gasteiger partial charge in [-0.2, -0.15) is 0 Å². The summed E-state index contributed by atoms with van der Waals surface area (Å²) in [4.78, 5) is 16.5. The van der Waals surface area contributed by atoms with Gasteiger partial charge in [-0.25, -0.2) is 0 Å². The molecule has 2 rings (SSSR count). The van der Waals surface area contributed by atoms with Crippen LogP contribution in [0.25, 0.3) is 0 Å². The summed E-state index contributed by atoms with van der Waals surface area (Å²) in [6.07, 6.45) is 0. The smallest absolute Gasteiger partial charge is 0.227 e.